The summed E-state index contributed by atoms with van der Waals surface area (Å²) in [6, 6.07) is 8.33. The number of nitriles is 1. The third-order valence-corrected chi connectivity index (χ3v) is 3.99. The Morgan fingerprint density at radius 2 is 1.62 bits per heavy atom. The number of anilines is 1. The summed E-state index contributed by atoms with van der Waals surface area (Å²) < 4.78 is 25.8. The first-order chi connectivity index (χ1) is 7.39. The normalized spacial score (nSPS) is 11.2. The van der Waals surface area contributed by atoms with Crippen LogP contribution in [-0.4, -0.2) is 33.9 Å². The van der Waals surface area contributed by atoms with E-state index in [1.807, 2.05) is 6.07 Å². The fourth-order valence-electron chi connectivity index (χ4n) is 1.12. The van der Waals surface area contributed by atoms with E-state index in [-0.39, 0.29) is 0 Å². The van der Waals surface area contributed by atoms with Gasteiger partial charge in [-0.2, -0.15) is 18.0 Å². The van der Waals surface area contributed by atoms with Crippen molar-refractivity contribution in [3.05, 3.63) is 29.8 Å². The molecule has 0 saturated heterocycles. The Morgan fingerprint density at radius 3 is 2.00 bits per heavy atom. The lowest BCUT2D eigenvalue weighted by Crippen LogP contribution is -2.37. The summed E-state index contributed by atoms with van der Waals surface area (Å²) in [5.41, 5.74) is 1.02. The van der Waals surface area contributed by atoms with Crippen molar-refractivity contribution in [2.45, 2.75) is 0 Å². The van der Waals surface area contributed by atoms with E-state index in [9.17, 15) is 8.42 Å². The summed E-state index contributed by atoms with van der Waals surface area (Å²) >= 11 is 0. The second kappa shape index (κ2) is 4.51. The largest absolute Gasteiger partial charge is 0.303 e. The lowest BCUT2D eigenvalue weighted by molar-refractivity contribution is 0.519. The van der Waals surface area contributed by atoms with Crippen molar-refractivity contribution >= 4 is 15.9 Å². The fraction of sp³-hybridized carbons (Fsp3) is 0.300. The molecule has 5 nitrogen and oxygen atoms in total. The standard InChI is InChI=1S/C10H13N3O2S/c1-12(2)16(14,15)13(3)10-6-4-9(8-11)5-7-10/h4-7H,1-3H3. The Morgan fingerprint density at radius 1 is 1.12 bits per heavy atom. The van der Waals surface area contributed by atoms with Gasteiger partial charge >= 0.3 is 10.2 Å². The topological polar surface area (TPSA) is 64.4 Å². The van der Waals surface area contributed by atoms with Crippen molar-refractivity contribution in [1.82, 2.24) is 4.31 Å². The van der Waals surface area contributed by atoms with E-state index in [0.717, 1.165) is 8.61 Å². The second-order valence-electron chi connectivity index (χ2n) is 3.42. The molecule has 16 heavy (non-hydrogen) atoms. The molecule has 0 aliphatic heterocycles. The molecule has 1 aromatic carbocycles. The van der Waals surface area contributed by atoms with Crippen LogP contribution in [0.2, 0.25) is 0 Å². The van der Waals surface area contributed by atoms with Gasteiger partial charge in [-0.25, -0.2) is 0 Å². The molecular weight excluding hydrogens is 226 g/mol. The minimum atomic E-state index is -3.47. The van der Waals surface area contributed by atoms with Crippen molar-refractivity contribution in [1.29, 1.82) is 5.26 Å². The summed E-state index contributed by atoms with van der Waals surface area (Å²) in [5, 5.41) is 8.63. The maximum atomic E-state index is 11.8. The molecule has 0 atom stereocenters. The molecule has 86 valence electrons. The number of nitrogens with zero attached hydrogens (tertiary/aromatic N) is 3. The summed E-state index contributed by atoms with van der Waals surface area (Å²) in [4.78, 5) is 0. The lowest BCUT2D eigenvalue weighted by Gasteiger charge is -2.23. The van der Waals surface area contributed by atoms with Gasteiger partial charge in [0, 0.05) is 21.1 Å². The van der Waals surface area contributed by atoms with E-state index in [1.54, 1.807) is 24.3 Å². The van der Waals surface area contributed by atoms with Gasteiger partial charge in [0.1, 0.15) is 0 Å². The zero-order valence-corrected chi connectivity index (χ0v) is 10.2. The van der Waals surface area contributed by atoms with Gasteiger partial charge in [0.25, 0.3) is 0 Å². The maximum Gasteiger partial charge on any atom is 0.303 e. The number of rotatable bonds is 3. The Labute approximate surface area is 95.7 Å². The highest BCUT2D eigenvalue weighted by molar-refractivity contribution is 7.90. The van der Waals surface area contributed by atoms with E-state index in [0.29, 0.717) is 11.3 Å². The minimum absolute atomic E-state index is 0.499. The second-order valence-corrected chi connectivity index (χ2v) is 5.59. The zero-order chi connectivity index (χ0) is 12.3. The predicted molar refractivity (Wildman–Crippen MR) is 62.2 cm³/mol. The van der Waals surface area contributed by atoms with Crippen LogP contribution < -0.4 is 4.31 Å². The lowest BCUT2D eigenvalue weighted by atomic mass is 10.2. The molecule has 0 saturated carbocycles. The van der Waals surface area contributed by atoms with Gasteiger partial charge in [-0.15, -0.1) is 0 Å². The highest BCUT2D eigenvalue weighted by Gasteiger charge is 2.20. The van der Waals surface area contributed by atoms with Crippen molar-refractivity contribution in [2.24, 2.45) is 0 Å². The van der Waals surface area contributed by atoms with Crippen LogP contribution in [0.4, 0.5) is 5.69 Å². The molecule has 0 aromatic heterocycles. The molecule has 1 aromatic rings. The molecule has 0 amide bonds. The van der Waals surface area contributed by atoms with Gasteiger partial charge in [0.2, 0.25) is 0 Å². The fourth-order valence-corrected chi connectivity index (χ4v) is 2.00. The molecule has 0 aliphatic carbocycles. The van der Waals surface area contributed by atoms with Gasteiger partial charge in [-0.1, -0.05) is 0 Å². The third kappa shape index (κ3) is 2.32. The first-order valence-corrected chi connectivity index (χ1v) is 5.96. The highest BCUT2D eigenvalue weighted by atomic mass is 32.2. The van der Waals surface area contributed by atoms with E-state index in [4.69, 9.17) is 5.26 Å². The molecule has 0 radical (unpaired) electrons. The van der Waals surface area contributed by atoms with Crippen molar-refractivity contribution in [3.8, 4) is 6.07 Å². The highest BCUT2D eigenvalue weighted by Crippen LogP contribution is 2.17. The van der Waals surface area contributed by atoms with Crippen LogP contribution in [0.1, 0.15) is 5.56 Å². The summed E-state index contributed by atoms with van der Waals surface area (Å²) in [7, 11) is 0.939. The molecule has 0 spiro atoms. The van der Waals surface area contributed by atoms with Gasteiger partial charge in [0.05, 0.1) is 17.3 Å². The Hall–Kier alpha value is -1.58. The zero-order valence-electron chi connectivity index (χ0n) is 9.38. The SMILES string of the molecule is CN(C)S(=O)(=O)N(C)c1ccc(C#N)cc1. The third-order valence-electron chi connectivity index (χ3n) is 2.17. The smallest absolute Gasteiger partial charge is 0.261 e. The number of benzene rings is 1. The van der Waals surface area contributed by atoms with Crippen LogP contribution in [-0.2, 0) is 10.2 Å². The maximum absolute atomic E-state index is 11.8. The van der Waals surface area contributed by atoms with E-state index >= 15 is 0 Å². The Balaban J connectivity index is 3.07. The molecule has 0 bridgehead atoms. The Kier molecular flexibility index (Phi) is 3.52. The number of hydrogen-bond donors (Lipinski definition) is 0. The predicted octanol–water partition coefficient (Wildman–Crippen LogP) is 0.801. The quantitative estimate of drug-likeness (QED) is 0.783. The van der Waals surface area contributed by atoms with Crippen LogP contribution in [0, 0.1) is 11.3 Å². The van der Waals surface area contributed by atoms with Gasteiger partial charge in [0.15, 0.2) is 0 Å². The Bertz CT molecular complexity index is 500. The van der Waals surface area contributed by atoms with Crippen LogP contribution in [0.3, 0.4) is 0 Å². The molecule has 0 heterocycles. The van der Waals surface area contributed by atoms with Crippen molar-refractivity contribution in [2.75, 3.05) is 25.4 Å². The first-order valence-electron chi connectivity index (χ1n) is 4.56. The summed E-state index contributed by atoms with van der Waals surface area (Å²) in [6.07, 6.45) is 0. The van der Waals surface area contributed by atoms with Crippen LogP contribution >= 0.6 is 0 Å². The summed E-state index contributed by atoms with van der Waals surface area (Å²) in [5.74, 6) is 0. The van der Waals surface area contributed by atoms with E-state index < -0.39 is 10.2 Å². The van der Waals surface area contributed by atoms with Crippen molar-refractivity contribution < 1.29 is 8.42 Å². The molecule has 0 N–H and O–H groups in total. The van der Waals surface area contributed by atoms with E-state index in [2.05, 4.69) is 0 Å². The van der Waals surface area contributed by atoms with E-state index in [1.165, 1.54) is 21.1 Å². The average molecular weight is 239 g/mol. The van der Waals surface area contributed by atoms with Crippen LogP contribution in [0.25, 0.3) is 0 Å². The molecule has 0 aliphatic rings. The average Bonchev–Trinajstić information content (AvgIpc) is 2.28. The first kappa shape index (κ1) is 12.5. The number of hydrogen-bond acceptors (Lipinski definition) is 3. The summed E-state index contributed by atoms with van der Waals surface area (Å²) in [6.45, 7) is 0. The molecule has 0 fully saturated rings. The molecular formula is C10H13N3O2S. The molecule has 0 unspecified atom stereocenters. The van der Waals surface area contributed by atoms with Gasteiger partial charge in [-0.05, 0) is 24.3 Å². The van der Waals surface area contributed by atoms with Gasteiger partial charge < -0.3 is 0 Å². The van der Waals surface area contributed by atoms with Crippen LogP contribution in [0.5, 0.6) is 0 Å². The molecule has 6 heteroatoms. The minimum Gasteiger partial charge on any atom is -0.261 e. The monoisotopic (exact) mass is 239 g/mol. The van der Waals surface area contributed by atoms with Gasteiger partial charge in [-0.3, -0.25) is 4.31 Å². The molecule has 1 rings (SSSR count). The van der Waals surface area contributed by atoms with Crippen molar-refractivity contribution in [3.63, 3.8) is 0 Å². The van der Waals surface area contributed by atoms with Crippen LogP contribution in [0.15, 0.2) is 24.3 Å².